The number of hydrogen-bond acceptors (Lipinski definition) is 8. The Labute approximate surface area is 183 Å². The molecule has 11 heteroatoms. The van der Waals surface area contributed by atoms with Crippen LogP contribution in [0.3, 0.4) is 0 Å². The summed E-state index contributed by atoms with van der Waals surface area (Å²) in [5.41, 5.74) is 4.30. The first kappa shape index (κ1) is 19.0. The second kappa shape index (κ2) is 7.16. The van der Waals surface area contributed by atoms with Gasteiger partial charge in [0.2, 0.25) is 0 Å². The van der Waals surface area contributed by atoms with Crippen LogP contribution in [0, 0.1) is 0 Å². The van der Waals surface area contributed by atoms with E-state index in [1.54, 1.807) is 22.4 Å². The Hall–Kier alpha value is -3.73. The topological polar surface area (TPSA) is 123 Å². The van der Waals surface area contributed by atoms with Gasteiger partial charge in [-0.05, 0) is 37.0 Å². The largest absolute Gasteiger partial charge is 0.373 e. The minimum atomic E-state index is -0.195. The van der Waals surface area contributed by atoms with Crippen molar-refractivity contribution in [3.63, 3.8) is 0 Å². The van der Waals surface area contributed by atoms with Crippen molar-refractivity contribution in [3.8, 4) is 0 Å². The Morgan fingerprint density at radius 2 is 2.16 bits per heavy atom. The zero-order valence-electron chi connectivity index (χ0n) is 17.8. The van der Waals surface area contributed by atoms with E-state index in [2.05, 4.69) is 31.4 Å². The summed E-state index contributed by atoms with van der Waals surface area (Å²) >= 11 is 0. The summed E-state index contributed by atoms with van der Waals surface area (Å²) in [6, 6.07) is 5.85. The van der Waals surface area contributed by atoms with Crippen molar-refractivity contribution in [2.45, 2.75) is 38.0 Å². The average Bonchev–Trinajstić information content (AvgIpc) is 3.50. The number of nitrogens with one attached hydrogen (secondary N) is 3. The van der Waals surface area contributed by atoms with Gasteiger partial charge in [0.05, 0.1) is 36.2 Å². The fourth-order valence-electron chi connectivity index (χ4n) is 4.61. The molecule has 4 bridgehead atoms. The molecule has 11 nitrogen and oxygen atoms in total. The van der Waals surface area contributed by atoms with E-state index in [1.165, 1.54) is 0 Å². The van der Waals surface area contributed by atoms with Crippen LogP contribution in [0.15, 0.2) is 24.4 Å². The molecular formula is C21H23N9O2. The van der Waals surface area contributed by atoms with E-state index in [-0.39, 0.29) is 18.1 Å². The second-order valence-electron chi connectivity index (χ2n) is 8.28. The van der Waals surface area contributed by atoms with E-state index < -0.39 is 0 Å². The number of ether oxygens (including phenoxy) is 1. The SMILES string of the molecule is CNc1cc2nc3c(cnn13)C(=O)N[C@H]1CCC[C@H]1OCc1cc(c3nnn(C)c3c1)N2. The van der Waals surface area contributed by atoms with Crippen LogP contribution in [0.5, 0.6) is 0 Å². The Morgan fingerprint density at radius 3 is 3.03 bits per heavy atom. The van der Waals surface area contributed by atoms with Gasteiger partial charge >= 0.3 is 0 Å². The Bertz CT molecular complexity index is 1360. The third-order valence-electron chi connectivity index (χ3n) is 6.25. The zero-order valence-corrected chi connectivity index (χ0v) is 17.8. The predicted octanol–water partition coefficient (Wildman–Crippen LogP) is 1.98. The number of anilines is 3. The molecule has 6 rings (SSSR count). The number of nitrogens with zero attached hydrogens (tertiary/aromatic N) is 6. The first-order valence-electron chi connectivity index (χ1n) is 10.7. The molecule has 1 aliphatic carbocycles. The molecule has 0 spiro atoms. The number of amides is 1. The molecule has 2 aliphatic rings. The molecule has 4 heterocycles. The maximum atomic E-state index is 13.1. The van der Waals surface area contributed by atoms with Crippen molar-refractivity contribution >= 4 is 39.9 Å². The minimum Gasteiger partial charge on any atom is -0.373 e. The van der Waals surface area contributed by atoms with Crippen LogP contribution in [0.25, 0.3) is 16.7 Å². The molecule has 1 aliphatic heterocycles. The molecule has 2 atom stereocenters. The maximum absolute atomic E-state index is 13.1. The van der Waals surface area contributed by atoms with Crippen LogP contribution in [-0.4, -0.2) is 54.7 Å². The van der Waals surface area contributed by atoms with Gasteiger partial charge < -0.3 is 20.7 Å². The van der Waals surface area contributed by atoms with Gasteiger partial charge in [0.1, 0.15) is 22.7 Å². The van der Waals surface area contributed by atoms with Crippen LogP contribution in [-0.2, 0) is 18.4 Å². The third-order valence-corrected chi connectivity index (χ3v) is 6.25. The van der Waals surface area contributed by atoms with E-state index >= 15 is 0 Å². The first-order chi connectivity index (χ1) is 15.6. The molecule has 3 aromatic heterocycles. The standard InChI is InChI=1S/C21H23N9O2/c1-22-18-8-17-24-14-6-11(7-15-19(14)27-28-29(15)2)10-32-16-5-3-4-13(16)25-21(31)12-9-23-30(18)20(12)26-17/h6-9,13,16,22H,3-5,10H2,1-2H3,(H,24,26)(H,25,31)/t13-,16+/m0/s1. The number of aromatic nitrogens is 6. The number of benzene rings is 1. The molecule has 1 fully saturated rings. The zero-order chi connectivity index (χ0) is 21.8. The molecule has 4 aromatic rings. The van der Waals surface area contributed by atoms with Gasteiger partial charge in [-0.25, -0.2) is 9.67 Å². The van der Waals surface area contributed by atoms with Crippen molar-refractivity contribution in [1.82, 2.24) is 34.9 Å². The molecule has 3 N–H and O–H groups in total. The summed E-state index contributed by atoms with van der Waals surface area (Å²) < 4.78 is 9.64. The number of fused-ring (bicyclic) bond motifs is 6. The Morgan fingerprint density at radius 1 is 1.25 bits per heavy atom. The Balaban J connectivity index is 1.56. The van der Waals surface area contributed by atoms with E-state index in [0.717, 1.165) is 41.5 Å². The molecular weight excluding hydrogens is 410 g/mol. The highest BCUT2D eigenvalue weighted by Gasteiger charge is 2.31. The van der Waals surface area contributed by atoms with Gasteiger partial charge in [-0.3, -0.25) is 4.79 Å². The smallest absolute Gasteiger partial charge is 0.257 e. The number of carbonyl (C=O) groups is 1. The van der Waals surface area contributed by atoms with E-state index in [0.29, 0.717) is 29.5 Å². The van der Waals surface area contributed by atoms with Crippen LogP contribution >= 0.6 is 0 Å². The summed E-state index contributed by atoms with van der Waals surface area (Å²) in [4.78, 5) is 17.8. The van der Waals surface area contributed by atoms with Crippen molar-refractivity contribution in [3.05, 3.63) is 35.5 Å². The lowest BCUT2D eigenvalue weighted by Crippen LogP contribution is -2.41. The molecule has 0 saturated heterocycles. The summed E-state index contributed by atoms with van der Waals surface area (Å²) in [7, 11) is 3.67. The van der Waals surface area contributed by atoms with Crippen LogP contribution < -0.4 is 16.0 Å². The van der Waals surface area contributed by atoms with Gasteiger partial charge in [-0.1, -0.05) is 5.21 Å². The van der Waals surface area contributed by atoms with Gasteiger partial charge in [-0.15, -0.1) is 5.10 Å². The first-order valence-corrected chi connectivity index (χ1v) is 10.7. The van der Waals surface area contributed by atoms with E-state index in [9.17, 15) is 4.79 Å². The number of aryl methyl sites for hydroxylation is 1. The van der Waals surface area contributed by atoms with Crippen LogP contribution in [0.1, 0.15) is 35.2 Å². The lowest BCUT2D eigenvalue weighted by molar-refractivity contribution is 0.0273. The van der Waals surface area contributed by atoms with Crippen LogP contribution in [0.2, 0.25) is 0 Å². The molecule has 32 heavy (non-hydrogen) atoms. The molecule has 164 valence electrons. The number of hydrogen-bond donors (Lipinski definition) is 3. The highest BCUT2D eigenvalue weighted by molar-refractivity contribution is 6.00. The number of rotatable bonds is 1. The van der Waals surface area contributed by atoms with E-state index in [4.69, 9.17) is 9.72 Å². The third kappa shape index (κ3) is 2.96. The summed E-state index contributed by atoms with van der Waals surface area (Å²) in [6.45, 7) is 0.431. The lowest BCUT2D eigenvalue weighted by Gasteiger charge is -2.22. The fourth-order valence-corrected chi connectivity index (χ4v) is 4.61. The minimum absolute atomic E-state index is 0.0445. The van der Waals surface area contributed by atoms with Crippen molar-refractivity contribution < 1.29 is 9.53 Å². The second-order valence-corrected chi connectivity index (χ2v) is 8.28. The average molecular weight is 433 g/mol. The van der Waals surface area contributed by atoms with Crippen LogP contribution in [0.4, 0.5) is 17.3 Å². The lowest BCUT2D eigenvalue weighted by atomic mass is 10.1. The molecule has 0 radical (unpaired) electrons. The van der Waals surface area contributed by atoms with Crippen molar-refractivity contribution in [2.24, 2.45) is 7.05 Å². The normalized spacial score (nSPS) is 20.8. The van der Waals surface area contributed by atoms with Gasteiger partial charge in [0.15, 0.2) is 5.65 Å². The quantitative estimate of drug-likeness (QED) is 0.416. The summed E-state index contributed by atoms with van der Waals surface area (Å²) in [5, 5.41) is 22.5. The highest BCUT2D eigenvalue weighted by Crippen LogP contribution is 2.30. The molecule has 1 aromatic carbocycles. The Kier molecular flexibility index (Phi) is 4.25. The van der Waals surface area contributed by atoms with E-state index in [1.807, 2.05) is 25.2 Å². The van der Waals surface area contributed by atoms with Crippen molar-refractivity contribution in [2.75, 3.05) is 17.7 Å². The molecule has 1 saturated carbocycles. The maximum Gasteiger partial charge on any atom is 0.257 e. The summed E-state index contributed by atoms with van der Waals surface area (Å²) in [5.74, 6) is 1.08. The van der Waals surface area contributed by atoms with Crippen molar-refractivity contribution in [1.29, 1.82) is 0 Å². The van der Waals surface area contributed by atoms with Gasteiger partial charge in [0.25, 0.3) is 5.91 Å². The predicted molar refractivity (Wildman–Crippen MR) is 118 cm³/mol. The fraction of sp³-hybridized carbons (Fsp3) is 0.381. The molecule has 0 unspecified atom stereocenters. The van der Waals surface area contributed by atoms with Gasteiger partial charge in [0, 0.05) is 20.2 Å². The van der Waals surface area contributed by atoms with Gasteiger partial charge in [-0.2, -0.15) is 9.61 Å². The highest BCUT2D eigenvalue weighted by atomic mass is 16.5. The number of carbonyl (C=O) groups excluding carboxylic acids is 1. The molecule has 1 amide bonds. The monoisotopic (exact) mass is 433 g/mol. The summed E-state index contributed by atoms with van der Waals surface area (Å²) in [6.07, 6.45) is 4.31.